The van der Waals surface area contributed by atoms with E-state index in [1.807, 2.05) is 0 Å². The van der Waals surface area contributed by atoms with Crippen LogP contribution in [-0.2, 0) is 6.42 Å². The summed E-state index contributed by atoms with van der Waals surface area (Å²) in [4.78, 5) is 0. The molecule has 0 unspecified atom stereocenters. The molecule has 84 valence electrons. The van der Waals surface area contributed by atoms with E-state index in [4.69, 9.17) is 16.0 Å². The van der Waals surface area contributed by atoms with E-state index >= 15 is 0 Å². The number of hydrogen-bond acceptors (Lipinski definition) is 4. The van der Waals surface area contributed by atoms with Gasteiger partial charge in [-0.1, -0.05) is 24.4 Å². The summed E-state index contributed by atoms with van der Waals surface area (Å²) in [7, 11) is 0. The van der Waals surface area contributed by atoms with Gasteiger partial charge in [-0.25, -0.2) is 0 Å². The zero-order valence-corrected chi connectivity index (χ0v) is 9.46. The van der Waals surface area contributed by atoms with Crippen molar-refractivity contribution < 1.29 is 4.42 Å². The van der Waals surface area contributed by atoms with Gasteiger partial charge in [0.15, 0.2) is 0 Å². The van der Waals surface area contributed by atoms with Crippen molar-refractivity contribution in [3.05, 3.63) is 5.89 Å². The Kier molecular flexibility index (Phi) is 3.83. The number of nitrogens with zero attached hydrogens (tertiary/aromatic N) is 2. The molecule has 1 saturated carbocycles. The molecular formula is C10H16ClN3O. The molecular weight excluding hydrogens is 214 g/mol. The molecule has 4 nitrogen and oxygen atoms in total. The predicted molar refractivity (Wildman–Crippen MR) is 59.2 cm³/mol. The molecule has 2 rings (SSSR count). The fraction of sp³-hybridized carbons (Fsp3) is 0.800. The van der Waals surface area contributed by atoms with Crippen LogP contribution in [0.5, 0.6) is 0 Å². The Bertz CT molecular complexity index is 297. The van der Waals surface area contributed by atoms with E-state index in [0.717, 1.165) is 0 Å². The molecule has 0 radical (unpaired) electrons. The maximum absolute atomic E-state index is 5.59. The van der Waals surface area contributed by atoms with Crippen LogP contribution in [0.3, 0.4) is 0 Å². The summed E-state index contributed by atoms with van der Waals surface area (Å²) in [5.41, 5.74) is 0. The minimum Gasteiger partial charge on any atom is -0.408 e. The quantitative estimate of drug-likeness (QED) is 0.807. The average molecular weight is 230 g/mol. The second-order valence-corrected chi connectivity index (χ2v) is 4.30. The Morgan fingerprint density at radius 2 is 2.07 bits per heavy atom. The second-order valence-electron chi connectivity index (χ2n) is 3.92. The van der Waals surface area contributed by atoms with Crippen LogP contribution in [0.15, 0.2) is 4.42 Å². The number of halogens is 1. The smallest absolute Gasteiger partial charge is 0.315 e. The molecule has 0 amide bonds. The number of aryl methyl sites for hydroxylation is 1. The SMILES string of the molecule is ClCCc1nnc(NC2CCCCC2)o1. The van der Waals surface area contributed by atoms with Gasteiger partial charge in [0.25, 0.3) is 0 Å². The summed E-state index contributed by atoms with van der Waals surface area (Å²) in [5.74, 6) is 1.13. The van der Waals surface area contributed by atoms with Gasteiger partial charge < -0.3 is 9.73 Å². The molecule has 1 heterocycles. The largest absolute Gasteiger partial charge is 0.408 e. The molecule has 0 aliphatic heterocycles. The molecule has 1 aromatic heterocycles. The van der Waals surface area contributed by atoms with Gasteiger partial charge in [0.1, 0.15) is 0 Å². The fourth-order valence-corrected chi connectivity index (χ4v) is 2.08. The molecule has 5 heteroatoms. The summed E-state index contributed by atoms with van der Waals surface area (Å²) >= 11 is 5.59. The van der Waals surface area contributed by atoms with Crippen LogP contribution in [0.25, 0.3) is 0 Å². The van der Waals surface area contributed by atoms with Crippen molar-refractivity contribution in [1.82, 2.24) is 10.2 Å². The molecule has 0 aromatic carbocycles. The molecule has 0 saturated heterocycles. The Labute approximate surface area is 94.4 Å². The average Bonchev–Trinajstić information content (AvgIpc) is 2.68. The van der Waals surface area contributed by atoms with Crippen molar-refractivity contribution in [2.45, 2.75) is 44.6 Å². The summed E-state index contributed by atoms with van der Waals surface area (Å²) in [6.07, 6.45) is 6.97. The zero-order valence-electron chi connectivity index (χ0n) is 8.71. The van der Waals surface area contributed by atoms with Crippen molar-refractivity contribution in [1.29, 1.82) is 0 Å². The molecule has 1 aliphatic rings. The van der Waals surface area contributed by atoms with Crippen molar-refractivity contribution >= 4 is 17.6 Å². The van der Waals surface area contributed by atoms with E-state index in [1.54, 1.807) is 0 Å². The number of alkyl halides is 1. The van der Waals surface area contributed by atoms with Gasteiger partial charge in [-0.05, 0) is 12.8 Å². The van der Waals surface area contributed by atoms with Crippen molar-refractivity contribution in [3.63, 3.8) is 0 Å². The van der Waals surface area contributed by atoms with E-state index < -0.39 is 0 Å². The third kappa shape index (κ3) is 3.09. The van der Waals surface area contributed by atoms with E-state index in [-0.39, 0.29) is 0 Å². The first kappa shape index (κ1) is 10.7. The van der Waals surface area contributed by atoms with Crippen LogP contribution in [0.1, 0.15) is 38.0 Å². The van der Waals surface area contributed by atoms with Crippen molar-refractivity contribution in [3.8, 4) is 0 Å². The number of nitrogens with one attached hydrogen (secondary N) is 1. The summed E-state index contributed by atoms with van der Waals surface area (Å²) < 4.78 is 5.41. The van der Waals surface area contributed by atoms with Gasteiger partial charge in [0, 0.05) is 18.3 Å². The Balaban J connectivity index is 1.86. The van der Waals surface area contributed by atoms with Gasteiger partial charge in [-0.3, -0.25) is 0 Å². The minimum absolute atomic E-state index is 0.503. The lowest BCUT2D eigenvalue weighted by Crippen LogP contribution is -2.22. The molecule has 1 N–H and O–H groups in total. The summed E-state index contributed by atoms with van der Waals surface area (Å²) in [5, 5.41) is 11.1. The van der Waals surface area contributed by atoms with Crippen LogP contribution < -0.4 is 5.32 Å². The summed E-state index contributed by atoms with van der Waals surface area (Å²) in [6.45, 7) is 0. The number of rotatable bonds is 4. The van der Waals surface area contributed by atoms with Crippen LogP contribution in [0.4, 0.5) is 6.01 Å². The normalized spacial score (nSPS) is 17.9. The maximum Gasteiger partial charge on any atom is 0.315 e. The van der Waals surface area contributed by atoms with Gasteiger partial charge in [0.2, 0.25) is 5.89 Å². The lowest BCUT2D eigenvalue weighted by atomic mass is 9.96. The van der Waals surface area contributed by atoms with E-state index in [9.17, 15) is 0 Å². The number of aromatic nitrogens is 2. The maximum atomic E-state index is 5.59. The Hall–Kier alpha value is -0.770. The number of anilines is 1. The third-order valence-corrected chi connectivity index (χ3v) is 2.90. The number of hydrogen-bond donors (Lipinski definition) is 1. The molecule has 1 aromatic rings. The second kappa shape index (κ2) is 5.35. The highest BCUT2D eigenvalue weighted by Crippen LogP contribution is 2.20. The highest BCUT2D eigenvalue weighted by Gasteiger charge is 2.15. The zero-order chi connectivity index (χ0) is 10.5. The molecule has 1 aliphatic carbocycles. The van der Waals surface area contributed by atoms with Crippen molar-refractivity contribution in [2.24, 2.45) is 0 Å². The molecule has 0 bridgehead atoms. The highest BCUT2D eigenvalue weighted by atomic mass is 35.5. The first-order valence-corrected chi connectivity index (χ1v) is 6.07. The predicted octanol–water partition coefficient (Wildman–Crippen LogP) is 2.60. The van der Waals surface area contributed by atoms with E-state index in [2.05, 4.69) is 15.5 Å². The lowest BCUT2D eigenvalue weighted by Gasteiger charge is -2.21. The Morgan fingerprint density at radius 1 is 1.27 bits per heavy atom. The van der Waals surface area contributed by atoms with Gasteiger partial charge in [0.05, 0.1) is 0 Å². The molecule has 0 atom stereocenters. The molecule has 1 fully saturated rings. The molecule has 0 spiro atoms. The highest BCUT2D eigenvalue weighted by molar-refractivity contribution is 6.17. The van der Waals surface area contributed by atoms with Crippen LogP contribution in [-0.4, -0.2) is 22.1 Å². The minimum atomic E-state index is 0.503. The van der Waals surface area contributed by atoms with Crippen molar-refractivity contribution in [2.75, 3.05) is 11.2 Å². The van der Waals surface area contributed by atoms with Crippen LogP contribution in [0, 0.1) is 0 Å². The Morgan fingerprint density at radius 3 is 2.80 bits per heavy atom. The first-order chi connectivity index (χ1) is 7.38. The van der Waals surface area contributed by atoms with E-state index in [1.165, 1.54) is 32.1 Å². The lowest BCUT2D eigenvalue weighted by molar-refractivity contribution is 0.442. The monoisotopic (exact) mass is 229 g/mol. The fourth-order valence-electron chi connectivity index (χ4n) is 1.92. The molecule has 15 heavy (non-hydrogen) atoms. The van der Waals surface area contributed by atoms with Crippen LogP contribution in [0.2, 0.25) is 0 Å². The van der Waals surface area contributed by atoms with Crippen LogP contribution >= 0.6 is 11.6 Å². The standard InChI is InChI=1S/C10H16ClN3O/c11-7-6-9-13-14-10(15-9)12-8-4-2-1-3-5-8/h8H,1-7H2,(H,12,14). The van der Waals surface area contributed by atoms with E-state index in [0.29, 0.717) is 30.2 Å². The third-order valence-electron chi connectivity index (χ3n) is 2.71. The van der Waals surface area contributed by atoms with Gasteiger partial charge in [-0.2, -0.15) is 0 Å². The van der Waals surface area contributed by atoms with Gasteiger partial charge in [-0.15, -0.1) is 16.7 Å². The summed E-state index contributed by atoms with van der Waals surface area (Å²) in [6, 6.07) is 1.05. The van der Waals surface area contributed by atoms with Gasteiger partial charge >= 0.3 is 6.01 Å². The first-order valence-electron chi connectivity index (χ1n) is 5.53. The topological polar surface area (TPSA) is 51.0 Å².